The molecule has 14 heteroatoms. The van der Waals surface area contributed by atoms with Crippen molar-refractivity contribution in [2.24, 2.45) is 0 Å². The van der Waals surface area contributed by atoms with Crippen LogP contribution in [-0.4, -0.2) is 48.1 Å². The molecule has 0 aliphatic heterocycles. The number of hydrogen-bond acceptors (Lipinski definition) is 6. The van der Waals surface area contributed by atoms with Gasteiger partial charge in [0.1, 0.15) is 0 Å². The van der Waals surface area contributed by atoms with Gasteiger partial charge in [0.25, 0.3) is 0 Å². The minimum absolute atomic E-state index is 0. The molecule has 0 fully saturated rings. The monoisotopic (exact) mass is 270 g/mol. The second-order valence-electron chi connectivity index (χ2n) is 0.982. The third-order valence-electron chi connectivity index (χ3n) is 0. The third kappa shape index (κ3) is 2410. The van der Waals surface area contributed by atoms with Crippen LogP contribution < -0.4 is 22.1 Å². The molecule has 0 unspecified atom stereocenters. The molecule has 0 radical (unpaired) electrons. The van der Waals surface area contributed by atoms with Gasteiger partial charge in [0.15, 0.2) is 0 Å². The van der Waals surface area contributed by atoms with E-state index in [0.717, 1.165) is 0 Å². The average molecular weight is 270 g/mol. The van der Waals surface area contributed by atoms with Crippen molar-refractivity contribution in [1.82, 2.24) is 12.3 Å². The fourth-order valence-corrected chi connectivity index (χ4v) is 0. The van der Waals surface area contributed by atoms with Crippen molar-refractivity contribution in [3.8, 4) is 0 Å². The molecule has 0 aromatic rings. The Balaban J connectivity index is -0.0000000178. The van der Waals surface area contributed by atoms with Crippen LogP contribution in [0.2, 0.25) is 0 Å². The molecular formula is H12MgN2O9P2. The van der Waals surface area contributed by atoms with Crippen LogP contribution in [0, 0.1) is 0 Å². The fraction of sp³-hybridized carbons (Fsp3) is 0. The van der Waals surface area contributed by atoms with Crippen LogP contribution in [0.1, 0.15) is 0 Å². The first kappa shape index (κ1) is 36.4. The predicted molar refractivity (Wildman–Crippen MR) is 43.5 cm³/mol. The van der Waals surface area contributed by atoms with Gasteiger partial charge in [-0.15, -0.1) is 0 Å². The van der Waals surface area contributed by atoms with Crippen molar-refractivity contribution in [2.45, 2.75) is 0 Å². The van der Waals surface area contributed by atoms with E-state index in [2.05, 4.69) is 0 Å². The molecule has 0 atom stereocenters. The summed E-state index contributed by atoms with van der Waals surface area (Å²) in [6.45, 7) is 0. The Morgan fingerprint density at radius 2 is 0.857 bits per heavy atom. The minimum Gasteiger partial charge on any atom is -0.790 e. The Kier molecular flexibility index (Phi) is 36.0. The standard InChI is InChI=1S/Mg.2H3N.2H3O4P.H2O/c;;;2*1-5(2,3)4;/h;2*1H3;2*(H3,1,2,3,4);1H2/q+2;;;;;/p-2. The summed E-state index contributed by atoms with van der Waals surface area (Å²) in [5.41, 5.74) is 0. The van der Waals surface area contributed by atoms with Gasteiger partial charge >= 0.3 is 30.9 Å². The first-order chi connectivity index (χ1) is 4.00. The smallest absolute Gasteiger partial charge is 0.790 e. The number of phosphoric acid groups is 2. The van der Waals surface area contributed by atoms with Crippen LogP contribution in [0.15, 0.2) is 0 Å². The number of hydrogen-bond donors (Lipinski definition) is 6. The molecule has 0 rings (SSSR count). The van der Waals surface area contributed by atoms with Crippen LogP contribution in [0.25, 0.3) is 0 Å². The maximum Gasteiger partial charge on any atom is 2.00 e. The zero-order valence-electron chi connectivity index (χ0n) is 6.94. The molecule has 12 N–H and O–H groups in total. The molecule has 14 heavy (non-hydrogen) atoms. The zero-order valence-corrected chi connectivity index (χ0v) is 10.1. The quantitative estimate of drug-likeness (QED) is 0.183. The van der Waals surface area contributed by atoms with Crippen molar-refractivity contribution in [1.29, 1.82) is 0 Å². The van der Waals surface area contributed by atoms with Gasteiger partial charge < -0.3 is 51.7 Å². The van der Waals surface area contributed by atoms with Crippen LogP contribution >= 0.6 is 15.6 Å². The van der Waals surface area contributed by atoms with E-state index in [1.54, 1.807) is 0 Å². The molecular weight excluding hydrogens is 258 g/mol. The molecule has 0 amide bonds. The molecule has 0 spiro atoms. The molecule has 0 aromatic heterocycles. The van der Waals surface area contributed by atoms with Crippen LogP contribution in [0.3, 0.4) is 0 Å². The molecule has 0 aliphatic carbocycles. The summed E-state index contributed by atoms with van der Waals surface area (Å²) in [7, 11) is -9.78. The second kappa shape index (κ2) is 13.9. The van der Waals surface area contributed by atoms with Crippen molar-refractivity contribution in [2.75, 3.05) is 0 Å². The van der Waals surface area contributed by atoms with E-state index >= 15 is 0 Å². The number of rotatable bonds is 0. The van der Waals surface area contributed by atoms with Crippen LogP contribution in [0.4, 0.5) is 0 Å². The molecule has 88 valence electrons. The predicted octanol–water partition coefficient (Wildman–Crippen LogP) is -4.00. The van der Waals surface area contributed by atoms with Crippen molar-refractivity contribution >= 4 is 38.7 Å². The minimum atomic E-state index is -5.14. The summed E-state index contributed by atoms with van der Waals surface area (Å²) in [5.74, 6) is 0. The Morgan fingerprint density at radius 3 is 0.857 bits per heavy atom. The van der Waals surface area contributed by atoms with Crippen LogP contribution in [0.5, 0.6) is 0 Å². The molecule has 0 bridgehead atoms. The van der Waals surface area contributed by atoms with Crippen molar-refractivity contribution in [3.05, 3.63) is 0 Å². The zero-order chi connectivity index (χ0) is 9.00. The van der Waals surface area contributed by atoms with E-state index in [1.165, 1.54) is 0 Å². The van der Waals surface area contributed by atoms with Gasteiger partial charge in [0, 0.05) is 0 Å². The Bertz CT molecular complexity index is 133. The SMILES string of the molecule is N.N.O.O=P(O)(O)O.O=P([O-])([O-])O.[Mg+2]. The maximum atomic E-state index is 8.88. The summed E-state index contributed by atoms with van der Waals surface area (Å²) in [4.78, 5) is 45.8. The van der Waals surface area contributed by atoms with Crippen molar-refractivity contribution in [3.63, 3.8) is 0 Å². The largest absolute Gasteiger partial charge is 2.00 e. The van der Waals surface area contributed by atoms with E-state index in [0.29, 0.717) is 0 Å². The molecule has 11 nitrogen and oxygen atoms in total. The summed E-state index contributed by atoms with van der Waals surface area (Å²) in [6.07, 6.45) is 0. The van der Waals surface area contributed by atoms with Crippen molar-refractivity contribution < 1.29 is 44.0 Å². The topological polar surface area (TPSA) is 263 Å². The van der Waals surface area contributed by atoms with E-state index in [1.807, 2.05) is 0 Å². The van der Waals surface area contributed by atoms with Gasteiger partial charge in [0.2, 0.25) is 0 Å². The Hall–Kier alpha value is 0.866. The maximum absolute atomic E-state index is 8.88. The van der Waals surface area contributed by atoms with Gasteiger partial charge in [-0.25, -0.2) is 4.57 Å². The summed E-state index contributed by atoms with van der Waals surface area (Å²) >= 11 is 0. The van der Waals surface area contributed by atoms with Gasteiger partial charge in [-0.05, 0) is 0 Å². The van der Waals surface area contributed by atoms with Crippen LogP contribution in [-0.2, 0) is 9.13 Å². The molecule has 0 heterocycles. The summed E-state index contributed by atoms with van der Waals surface area (Å²) in [5, 5.41) is 0. The normalized spacial score (nSPS) is 8.43. The van der Waals surface area contributed by atoms with Gasteiger partial charge in [-0.3, -0.25) is 0 Å². The average Bonchev–Trinajstić information content (AvgIpc) is 1.12. The van der Waals surface area contributed by atoms with E-state index in [4.69, 9.17) is 38.5 Å². The van der Waals surface area contributed by atoms with E-state index in [-0.39, 0.29) is 40.8 Å². The van der Waals surface area contributed by atoms with E-state index in [9.17, 15) is 0 Å². The fourth-order valence-electron chi connectivity index (χ4n) is 0. The first-order valence-electron chi connectivity index (χ1n) is 1.53. The van der Waals surface area contributed by atoms with Gasteiger partial charge in [-0.2, -0.15) is 0 Å². The Morgan fingerprint density at radius 1 is 0.857 bits per heavy atom. The van der Waals surface area contributed by atoms with E-state index < -0.39 is 15.6 Å². The molecule has 0 saturated heterocycles. The third-order valence-corrected chi connectivity index (χ3v) is 0. The van der Waals surface area contributed by atoms with Gasteiger partial charge in [-0.1, -0.05) is 0 Å². The molecule has 0 aromatic carbocycles. The van der Waals surface area contributed by atoms with Gasteiger partial charge in [0.05, 0.1) is 7.82 Å². The summed E-state index contributed by atoms with van der Waals surface area (Å²) < 4.78 is 17.5. The first-order valence-corrected chi connectivity index (χ1v) is 4.59. The Labute approximate surface area is 95.3 Å². The molecule has 0 saturated carbocycles. The molecule has 0 aliphatic rings. The summed E-state index contributed by atoms with van der Waals surface area (Å²) in [6, 6.07) is 0. The second-order valence-corrected chi connectivity index (χ2v) is 2.95.